The Morgan fingerprint density at radius 2 is 1.87 bits per heavy atom. The summed E-state index contributed by atoms with van der Waals surface area (Å²) < 4.78 is 59.9. The molecule has 15 heavy (non-hydrogen) atoms. The van der Waals surface area contributed by atoms with E-state index < -0.39 is 31.2 Å². The molecule has 1 aromatic heterocycles. The van der Waals surface area contributed by atoms with Gasteiger partial charge in [-0.15, -0.1) is 0 Å². The molecule has 0 spiro atoms. The zero-order valence-corrected chi connectivity index (χ0v) is 7.28. The summed E-state index contributed by atoms with van der Waals surface area (Å²) in [6, 6.07) is 0.708. The molecule has 1 heterocycles. The van der Waals surface area contributed by atoms with E-state index in [1.165, 1.54) is 0 Å². The maximum absolute atomic E-state index is 12.4. The lowest BCUT2D eigenvalue weighted by Crippen LogP contribution is -2.15. The summed E-state index contributed by atoms with van der Waals surface area (Å²) in [6.07, 6.45) is -6.76. The number of nitrogens with one attached hydrogen (secondary N) is 1. The number of hydrogen-bond acceptors (Lipinski definition) is 3. The normalized spacial score (nSPS) is 11.5. The summed E-state index contributed by atoms with van der Waals surface area (Å²) in [5.41, 5.74) is 0. The molecule has 0 aliphatic carbocycles. The monoisotopic (exact) mass is 227 g/mol. The molecule has 0 aromatic carbocycles. The van der Waals surface area contributed by atoms with E-state index in [9.17, 15) is 22.0 Å². The van der Waals surface area contributed by atoms with Gasteiger partial charge in [0.05, 0.1) is 6.42 Å². The summed E-state index contributed by atoms with van der Waals surface area (Å²) in [4.78, 5) is 5.74. The van der Waals surface area contributed by atoms with E-state index in [4.69, 9.17) is 0 Å². The molecule has 0 fully saturated rings. The van der Waals surface area contributed by atoms with Gasteiger partial charge in [0.25, 0.3) is 0 Å². The quantitative estimate of drug-likeness (QED) is 0.488. The highest BCUT2D eigenvalue weighted by Gasteiger charge is 2.26. The molecular formula is C7H6F5N3. The number of aromatic nitrogens is 2. The van der Waals surface area contributed by atoms with Crippen LogP contribution in [0.15, 0.2) is 6.07 Å². The van der Waals surface area contributed by atoms with Crippen molar-refractivity contribution in [3.63, 3.8) is 0 Å². The number of halogens is 5. The van der Waals surface area contributed by atoms with Crippen LogP contribution >= 0.6 is 0 Å². The molecule has 0 bridgehead atoms. The largest absolute Gasteiger partial charge is 0.390 e. The average Bonchev–Trinajstić information content (AvgIpc) is 1.99. The molecule has 1 aromatic rings. The summed E-state index contributed by atoms with van der Waals surface area (Å²) >= 11 is 0. The average molecular weight is 227 g/mol. The van der Waals surface area contributed by atoms with Crippen LogP contribution in [-0.2, 0) is 0 Å². The molecule has 0 aliphatic rings. The lowest BCUT2D eigenvalue weighted by Gasteiger charge is -2.07. The van der Waals surface area contributed by atoms with Crippen molar-refractivity contribution in [3.05, 3.63) is 18.1 Å². The zero-order chi connectivity index (χ0) is 11.5. The van der Waals surface area contributed by atoms with Crippen molar-refractivity contribution in [2.45, 2.75) is 12.6 Å². The Labute approximate surface area is 81.3 Å². The Hall–Kier alpha value is -1.47. The second kappa shape index (κ2) is 4.37. The lowest BCUT2D eigenvalue weighted by atomic mass is 10.4. The minimum Gasteiger partial charge on any atom is -0.369 e. The van der Waals surface area contributed by atoms with E-state index >= 15 is 0 Å². The fraction of sp³-hybridized carbons (Fsp3) is 0.429. The Morgan fingerprint density at radius 3 is 2.40 bits per heavy atom. The van der Waals surface area contributed by atoms with Crippen LogP contribution in [0.5, 0.6) is 0 Å². The second-order valence-electron chi connectivity index (χ2n) is 2.64. The van der Waals surface area contributed by atoms with Crippen molar-refractivity contribution >= 4 is 5.82 Å². The summed E-state index contributed by atoms with van der Waals surface area (Å²) in [7, 11) is 0. The molecule has 0 amide bonds. The number of alkyl halides is 3. The number of anilines is 1. The molecule has 0 unspecified atom stereocenters. The van der Waals surface area contributed by atoms with Crippen molar-refractivity contribution in [2.75, 3.05) is 11.9 Å². The van der Waals surface area contributed by atoms with E-state index in [0.29, 0.717) is 6.07 Å². The van der Waals surface area contributed by atoms with Crippen molar-refractivity contribution in [2.24, 2.45) is 0 Å². The topological polar surface area (TPSA) is 37.8 Å². The van der Waals surface area contributed by atoms with Crippen LogP contribution in [0.4, 0.5) is 27.8 Å². The first-order valence-electron chi connectivity index (χ1n) is 3.87. The van der Waals surface area contributed by atoms with Gasteiger partial charge in [-0.05, 0) is 0 Å². The highest BCUT2D eigenvalue weighted by Crippen LogP contribution is 2.19. The van der Waals surface area contributed by atoms with Gasteiger partial charge in [0, 0.05) is 12.6 Å². The standard InChI is InChI=1S/C7H6F5N3/c8-4-3-5(15-6(9)14-4)13-2-1-7(10,11)12/h3H,1-2H2,(H,13,14,15). The van der Waals surface area contributed by atoms with Gasteiger partial charge in [-0.1, -0.05) is 0 Å². The van der Waals surface area contributed by atoms with Crippen LogP contribution < -0.4 is 5.32 Å². The molecular weight excluding hydrogens is 221 g/mol. The molecule has 3 nitrogen and oxygen atoms in total. The Balaban J connectivity index is 2.51. The van der Waals surface area contributed by atoms with E-state index in [2.05, 4.69) is 15.3 Å². The van der Waals surface area contributed by atoms with Gasteiger partial charge in [0.15, 0.2) is 0 Å². The molecule has 0 radical (unpaired) electrons. The first-order chi connectivity index (χ1) is 6.87. The SMILES string of the molecule is Fc1cc(NCCC(F)(F)F)nc(F)n1. The highest BCUT2D eigenvalue weighted by molar-refractivity contribution is 5.32. The van der Waals surface area contributed by atoms with Crippen LogP contribution in [0.3, 0.4) is 0 Å². The van der Waals surface area contributed by atoms with E-state index in [1.807, 2.05) is 0 Å². The molecule has 1 N–H and O–H groups in total. The minimum absolute atomic E-state index is 0.316. The fourth-order valence-corrected chi connectivity index (χ4v) is 0.813. The van der Waals surface area contributed by atoms with E-state index in [1.54, 1.807) is 0 Å². The Morgan fingerprint density at radius 1 is 1.20 bits per heavy atom. The molecule has 0 aliphatic heterocycles. The van der Waals surface area contributed by atoms with E-state index in [0.717, 1.165) is 0 Å². The van der Waals surface area contributed by atoms with Crippen LogP contribution in [0.1, 0.15) is 6.42 Å². The number of hydrogen-bond donors (Lipinski definition) is 1. The zero-order valence-electron chi connectivity index (χ0n) is 7.28. The molecule has 0 saturated carbocycles. The van der Waals surface area contributed by atoms with Gasteiger partial charge >= 0.3 is 12.3 Å². The summed E-state index contributed by atoms with van der Waals surface area (Å²) in [6.45, 7) is -0.501. The van der Waals surface area contributed by atoms with Crippen LogP contribution in [-0.4, -0.2) is 22.7 Å². The van der Waals surface area contributed by atoms with E-state index in [-0.39, 0.29) is 5.82 Å². The first kappa shape index (κ1) is 11.6. The number of nitrogens with zero attached hydrogens (tertiary/aromatic N) is 2. The van der Waals surface area contributed by atoms with Gasteiger partial charge < -0.3 is 5.32 Å². The van der Waals surface area contributed by atoms with Crippen molar-refractivity contribution in [3.8, 4) is 0 Å². The third-order valence-electron chi connectivity index (χ3n) is 1.38. The van der Waals surface area contributed by atoms with Crippen molar-refractivity contribution < 1.29 is 22.0 Å². The summed E-state index contributed by atoms with van der Waals surface area (Å²) in [5, 5.41) is 2.13. The Bertz CT molecular complexity index is 318. The minimum atomic E-state index is -4.32. The molecule has 0 saturated heterocycles. The second-order valence-corrected chi connectivity index (χ2v) is 2.64. The molecule has 84 valence electrons. The maximum atomic E-state index is 12.4. The number of rotatable bonds is 3. The van der Waals surface area contributed by atoms with Crippen molar-refractivity contribution in [1.29, 1.82) is 0 Å². The molecule has 8 heteroatoms. The molecule has 1 rings (SSSR count). The van der Waals surface area contributed by atoms with Gasteiger partial charge in [0.1, 0.15) is 5.82 Å². The summed E-state index contributed by atoms with van der Waals surface area (Å²) in [5.74, 6) is -1.46. The van der Waals surface area contributed by atoms with Crippen LogP contribution in [0.25, 0.3) is 0 Å². The highest BCUT2D eigenvalue weighted by atomic mass is 19.4. The van der Waals surface area contributed by atoms with Gasteiger partial charge in [0.2, 0.25) is 5.95 Å². The van der Waals surface area contributed by atoms with Crippen LogP contribution in [0.2, 0.25) is 0 Å². The first-order valence-corrected chi connectivity index (χ1v) is 3.87. The van der Waals surface area contributed by atoms with Gasteiger partial charge in [-0.25, -0.2) is 0 Å². The maximum Gasteiger partial charge on any atom is 0.390 e. The fourth-order valence-electron chi connectivity index (χ4n) is 0.813. The van der Waals surface area contributed by atoms with Gasteiger partial charge in [-0.2, -0.15) is 31.9 Å². The third kappa shape index (κ3) is 4.52. The molecule has 0 atom stereocenters. The van der Waals surface area contributed by atoms with Crippen LogP contribution in [0, 0.1) is 12.0 Å². The van der Waals surface area contributed by atoms with Crippen molar-refractivity contribution in [1.82, 2.24) is 9.97 Å². The Kier molecular flexibility index (Phi) is 3.38. The smallest absolute Gasteiger partial charge is 0.369 e. The predicted octanol–water partition coefficient (Wildman–Crippen LogP) is 2.12. The van der Waals surface area contributed by atoms with Gasteiger partial charge in [-0.3, -0.25) is 0 Å². The predicted molar refractivity (Wildman–Crippen MR) is 41.1 cm³/mol. The lowest BCUT2D eigenvalue weighted by molar-refractivity contribution is -0.131. The third-order valence-corrected chi connectivity index (χ3v) is 1.38.